The molecule has 0 unspecified atom stereocenters. The number of benzene rings is 4. The van der Waals surface area contributed by atoms with Gasteiger partial charge in [-0.1, -0.05) is 153 Å². The molecule has 0 radical (unpaired) electrons. The van der Waals surface area contributed by atoms with Gasteiger partial charge < -0.3 is 4.74 Å². The summed E-state index contributed by atoms with van der Waals surface area (Å²) < 4.78 is 6.62. The Morgan fingerprint density at radius 2 is 1.30 bits per heavy atom. The molecule has 0 spiro atoms. The van der Waals surface area contributed by atoms with E-state index < -0.39 is 8.07 Å². The van der Waals surface area contributed by atoms with Crippen molar-refractivity contribution < 1.29 is 4.74 Å². The molecule has 1 aliphatic carbocycles. The predicted molar refractivity (Wildman–Crippen MR) is 177 cm³/mol. The molecule has 0 aromatic heterocycles. The van der Waals surface area contributed by atoms with E-state index in [1.807, 2.05) is 6.08 Å². The highest BCUT2D eigenvalue weighted by Crippen LogP contribution is 2.53. The third-order valence-electron chi connectivity index (χ3n) is 9.32. The molecule has 0 amide bonds. The summed E-state index contributed by atoms with van der Waals surface area (Å²) in [7, 11) is -2.22. The van der Waals surface area contributed by atoms with Crippen molar-refractivity contribution in [1.29, 1.82) is 0 Å². The Labute approximate surface area is 243 Å². The number of fused-ring (bicyclic) bond motifs is 4. The van der Waals surface area contributed by atoms with Crippen LogP contribution in [0.5, 0.6) is 5.75 Å². The van der Waals surface area contributed by atoms with E-state index in [1.54, 1.807) is 0 Å². The van der Waals surface area contributed by atoms with Gasteiger partial charge >= 0.3 is 0 Å². The van der Waals surface area contributed by atoms with Crippen molar-refractivity contribution in [3.05, 3.63) is 108 Å². The molecule has 0 heterocycles. The molecule has 0 saturated carbocycles. The fourth-order valence-electron chi connectivity index (χ4n) is 6.92. The predicted octanol–water partition coefficient (Wildman–Crippen LogP) is 10.0. The van der Waals surface area contributed by atoms with E-state index in [2.05, 4.69) is 135 Å². The lowest BCUT2D eigenvalue weighted by Crippen LogP contribution is -2.53. The molecule has 0 bridgehead atoms. The van der Waals surface area contributed by atoms with Gasteiger partial charge in [0.1, 0.15) is 20.4 Å². The SMILES string of the molecule is C=CCOc1c([Si](CC)(CC)C2c3cc(C(C)(C)C)ccc3-c3ccc(C(C)(C)C)cc32)ccc2ccccc12. The topological polar surface area (TPSA) is 9.23 Å². The van der Waals surface area contributed by atoms with Crippen LogP contribution in [-0.4, -0.2) is 14.7 Å². The summed E-state index contributed by atoms with van der Waals surface area (Å²) in [5, 5.41) is 3.90. The number of hydrogen-bond acceptors (Lipinski definition) is 1. The fraction of sp³-hybridized carbons (Fsp3) is 0.368. The maximum absolute atomic E-state index is 6.62. The monoisotopic (exact) mass is 546 g/mol. The van der Waals surface area contributed by atoms with Gasteiger partial charge in [0.05, 0.1) is 0 Å². The molecular weight excluding hydrogens is 501 g/mol. The molecule has 40 heavy (non-hydrogen) atoms. The smallest absolute Gasteiger partial charge is 0.126 e. The van der Waals surface area contributed by atoms with E-state index in [0.717, 1.165) is 17.8 Å². The quantitative estimate of drug-likeness (QED) is 0.165. The van der Waals surface area contributed by atoms with Gasteiger partial charge in [0.15, 0.2) is 0 Å². The van der Waals surface area contributed by atoms with Gasteiger partial charge in [-0.2, -0.15) is 0 Å². The van der Waals surface area contributed by atoms with Gasteiger partial charge in [-0.25, -0.2) is 0 Å². The number of hydrogen-bond donors (Lipinski definition) is 0. The zero-order valence-corrected chi connectivity index (χ0v) is 26.8. The summed E-state index contributed by atoms with van der Waals surface area (Å²) in [5.74, 6) is 1.07. The summed E-state index contributed by atoms with van der Waals surface area (Å²) in [5.41, 5.74) is 9.25. The molecule has 4 aromatic rings. The van der Waals surface area contributed by atoms with Crippen molar-refractivity contribution in [3.63, 3.8) is 0 Å². The second-order valence-corrected chi connectivity index (χ2v) is 18.5. The van der Waals surface area contributed by atoms with E-state index in [9.17, 15) is 0 Å². The average Bonchev–Trinajstić information content (AvgIpc) is 3.26. The largest absolute Gasteiger partial charge is 0.489 e. The van der Waals surface area contributed by atoms with Gasteiger partial charge in [0.2, 0.25) is 0 Å². The molecule has 0 saturated heterocycles. The molecule has 0 fully saturated rings. The van der Waals surface area contributed by atoms with Crippen LogP contribution in [0.4, 0.5) is 0 Å². The lowest BCUT2D eigenvalue weighted by molar-refractivity contribution is 0.370. The van der Waals surface area contributed by atoms with Crippen LogP contribution < -0.4 is 9.92 Å². The van der Waals surface area contributed by atoms with Crippen LogP contribution in [0.1, 0.15) is 83.2 Å². The first-order chi connectivity index (χ1) is 19.0. The molecule has 0 atom stereocenters. The first-order valence-corrected chi connectivity index (χ1v) is 17.5. The number of rotatable bonds is 7. The van der Waals surface area contributed by atoms with Crippen molar-refractivity contribution in [2.24, 2.45) is 0 Å². The maximum atomic E-state index is 6.62. The van der Waals surface area contributed by atoms with Gasteiger partial charge in [0.25, 0.3) is 0 Å². The highest BCUT2D eigenvalue weighted by Gasteiger charge is 2.48. The van der Waals surface area contributed by atoms with Crippen molar-refractivity contribution in [1.82, 2.24) is 0 Å². The average molecular weight is 547 g/mol. The van der Waals surface area contributed by atoms with Gasteiger partial charge in [0, 0.05) is 10.9 Å². The minimum atomic E-state index is -2.22. The minimum absolute atomic E-state index is 0.0920. The molecule has 208 valence electrons. The van der Waals surface area contributed by atoms with Crippen molar-refractivity contribution in [3.8, 4) is 16.9 Å². The highest BCUT2D eigenvalue weighted by molar-refractivity contribution is 6.94. The first-order valence-electron chi connectivity index (χ1n) is 15.0. The van der Waals surface area contributed by atoms with Crippen molar-refractivity contribution in [2.75, 3.05) is 6.61 Å². The Bertz CT molecular complexity index is 1500. The summed E-state index contributed by atoms with van der Waals surface area (Å²) in [6.45, 7) is 23.3. The molecule has 1 aliphatic rings. The van der Waals surface area contributed by atoms with Crippen LogP contribution in [0.3, 0.4) is 0 Å². The number of ether oxygens (including phenoxy) is 1. The first kappa shape index (κ1) is 28.4. The van der Waals surface area contributed by atoms with Crippen LogP contribution in [0.25, 0.3) is 21.9 Å². The Morgan fingerprint density at radius 3 is 1.80 bits per heavy atom. The lowest BCUT2D eigenvalue weighted by Gasteiger charge is -2.39. The normalized spacial score (nSPS) is 13.8. The van der Waals surface area contributed by atoms with E-state index in [0.29, 0.717) is 12.1 Å². The van der Waals surface area contributed by atoms with Crippen LogP contribution in [-0.2, 0) is 10.8 Å². The van der Waals surface area contributed by atoms with E-state index in [4.69, 9.17) is 4.74 Å². The van der Waals surface area contributed by atoms with Gasteiger partial charge in [-0.3, -0.25) is 0 Å². The second kappa shape index (κ2) is 10.4. The Hall–Kier alpha value is -3.10. The van der Waals surface area contributed by atoms with Crippen molar-refractivity contribution >= 4 is 24.0 Å². The summed E-state index contributed by atoms with van der Waals surface area (Å²) in [6, 6.07) is 30.4. The highest BCUT2D eigenvalue weighted by atomic mass is 28.3. The minimum Gasteiger partial charge on any atom is -0.489 e. The van der Waals surface area contributed by atoms with Crippen LogP contribution in [0, 0.1) is 0 Å². The Kier molecular flexibility index (Phi) is 7.38. The maximum Gasteiger partial charge on any atom is 0.126 e. The molecule has 1 nitrogen and oxygen atoms in total. The van der Waals surface area contributed by atoms with Crippen LogP contribution >= 0.6 is 0 Å². The van der Waals surface area contributed by atoms with Crippen LogP contribution in [0.15, 0.2) is 85.5 Å². The molecule has 0 aliphatic heterocycles. The molecule has 5 rings (SSSR count). The Morgan fingerprint density at radius 1 is 0.750 bits per heavy atom. The molecule has 0 N–H and O–H groups in total. The zero-order chi connectivity index (χ0) is 28.9. The Balaban J connectivity index is 1.86. The van der Waals surface area contributed by atoms with E-state index >= 15 is 0 Å². The second-order valence-electron chi connectivity index (χ2n) is 13.7. The molecule has 4 aromatic carbocycles. The molecule has 2 heteroatoms. The third kappa shape index (κ3) is 4.65. The summed E-state index contributed by atoms with van der Waals surface area (Å²) in [4.78, 5) is 0. The van der Waals surface area contributed by atoms with Crippen molar-refractivity contribution in [2.45, 2.75) is 83.8 Å². The van der Waals surface area contributed by atoms with Gasteiger partial charge in [-0.15, -0.1) is 0 Å². The summed E-state index contributed by atoms with van der Waals surface area (Å²) >= 11 is 0. The zero-order valence-electron chi connectivity index (χ0n) is 25.8. The fourth-order valence-corrected chi connectivity index (χ4v) is 12.0. The van der Waals surface area contributed by atoms with E-state index in [1.165, 1.54) is 49.3 Å². The standard InChI is InChI=1S/C38H46OSi/c1-10-23-39-35-29-16-14-13-15-26(29)17-22-34(35)40(11-2,12-3)36-32-24-27(37(4,5)6)18-20-30(32)31-21-19-28(25-33(31)36)38(7,8)9/h10,13-22,24-25,36H,1,11-12,23H2,2-9H3. The van der Waals surface area contributed by atoms with Gasteiger partial charge in [-0.05, 0) is 54.8 Å². The van der Waals surface area contributed by atoms with Crippen LogP contribution in [0.2, 0.25) is 12.1 Å². The summed E-state index contributed by atoms with van der Waals surface area (Å²) in [6.07, 6.45) is 1.87. The van der Waals surface area contributed by atoms with E-state index in [-0.39, 0.29) is 10.8 Å². The molecular formula is C38H46OSi. The lowest BCUT2D eigenvalue weighted by atomic mass is 9.85. The third-order valence-corrected chi connectivity index (χ3v) is 15.0.